The van der Waals surface area contributed by atoms with Gasteiger partial charge in [-0.25, -0.2) is 4.79 Å². The molecular formula is C12H24N2O2. The van der Waals surface area contributed by atoms with Gasteiger partial charge in [0, 0.05) is 13.1 Å². The zero-order valence-corrected chi connectivity index (χ0v) is 11.0. The van der Waals surface area contributed by atoms with Gasteiger partial charge in [-0.2, -0.15) is 0 Å². The molecule has 0 aliphatic carbocycles. The van der Waals surface area contributed by atoms with Crippen molar-refractivity contribution in [2.24, 2.45) is 5.92 Å². The van der Waals surface area contributed by atoms with E-state index < -0.39 is 5.60 Å². The quantitative estimate of drug-likeness (QED) is 0.759. The topological polar surface area (TPSA) is 50.4 Å². The molecule has 0 aromatic carbocycles. The maximum atomic E-state index is 11.7. The lowest BCUT2D eigenvalue weighted by Gasteiger charge is -2.32. The summed E-state index contributed by atoms with van der Waals surface area (Å²) in [5.41, 5.74) is -0.620. The molecule has 4 heteroatoms. The Kier molecular flexibility index (Phi) is 3.84. The first-order valence-corrected chi connectivity index (χ1v) is 5.99. The molecule has 1 rings (SSSR count). The fourth-order valence-electron chi connectivity index (χ4n) is 2.15. The lowest BCUT2D eigenvalue weighted by atomic mass is 9.87. The van der Waals surface area contributed by atoms with E-state index in [-0.39, 0.29) is 11.6 Å². The minimum absolute atomic E-state index is 0.183. The number of rotatable bonds is 2. The lowest BCUT2D eigenvalue weighted by Crippen LogP contribution is -2.53. The van der Waals surface area contributed by atoms with Gasteiger partial charge in [-0.15, -0.1) is 0 Å². The van der Waals surface area contributed by atoms with Crippen LogP contribution in [-0.2, 0) is 4.74 Å². The van der Waals surface area contributed by atoms with Crippen LogP contribution in [-0.4, -0.2) is 30.3 Å². The molecule has 2 N–H and O–H groups in total. The lowest BCUT2D eigenvalue weighted by molar-refractivity contribution is 0.0447. The van der Waals surface area contributed by atoms with E-state index >= 15 is 0 Å². The summed E-state index contributed by atoms with van der Waals surface area (Å²) in [4.78, 5) is 11.7. The molecule has 1 heterocycles. The second-order valence-electron chi connectivity index (χ2n) is 5.78. The maximum absolute atomic E-state index is 11.7. The molecule has 0 saturated carbocycles. The van der Waals surface area contributed by atoms with Crippen molar-refractivity contribution in [2.75, 3.05) is 13.1 Å². The summed E-state index contributed by atoms with van der Waals surface area (Å²) in [6.07, 6.45) is 0.733. The first-order valence-electron chi connectivity index (χ1n) is 5.99. The van der Waals surface area contributed by atoms with Gasteiger partial charge in [0.15, 0.2) is 0 Å². The molecule has 1 aliphatic heterocycles. The Bertz CT molecular complexity index is 260. The minimum Gasteiger partial charge on any atom is -0.444 e. The van der Waals surface area contributed by atoms with Gasteiger partial charge in [-0.05, 0) is 40.0 Å². The minimum atomic E-state index is -0.436. The molecule has 4 nitrogen and oxygen atoms in total. The van der Waals surface area contributed by atoms with Crippen LogP contribution in [0.1, 0.15) is 41.0 Å². The van der Waals surface area contributed by atoms with Crippen LogP contribution in [0.5, 0.6) is 0 Å². The molecule has 16 heavy (non-hydrogen) atoms. The summed E-state index contributed by atoms with van der Waals surface area (Å²) < 4.78 is 5.28. The number of amides is 1. The van der Waals surface area contributed by atoms with E-state index in [0.717, 1.165) is 19.5 Å². The van der Waals surface area contributed by atoms with E-state index in [1.807, 2.05) is 20.8 Å². The van der Waals surface area contributed by atoms with Crippen LogP contribution in [0.4, 0.5) is 4.79 Å². The largest absolute Gasteiger partial charge is 0.444 e. The highest BCUT2D eigenvalue weighted by molar-refractivity contribution is 5.69. The second kappa shape index (κ2) is 4.62. The first kappa shape index (κ1) is 13.3. The number of carbonyl (C=O) groups excluding carboxylic acids is 1. The summed E-state index contributed by atoms with van der Waals surface area (Å²) in [6.45, 7) is 11.6. The Morgan fingerprint density at radius 2 is 2.19 bits per heavy atom. The smallest absolute Gasteiger partial charge is 0.408 e. The second-order valence-corrected chi connectivity index (χ2v) is 5.78. The predicted octanol–water partition coefficient (Wildman–Crippen LogP) is 1.90. The van der Waals surface area contributed by atoms with Gasteiger partial charge in [0.2, 0.25) is 0 Å². The first-order chi connectivity index (χ1) is 7.27. The third kappa shape index (κ3) is 3.37. The summed E-state index contributed by atoms with van der Waals surface area (Å²) in [6, 6.07) is 0. The van der Waals surface area contributed by atoms with E-state index in [9.17, 15) is 4.79 Å². The van der Waals surface area contributed by atoms with E-state index in [1.165, 1.54) is 0 Å². The third-order valence-electron chi connectivity index (χ3n) is 3.06. The van der Waals surface area contributed by atoms with Crippen LogP contribution in [0.25, 0.3) is 0 Å². The van der Waals surface area contributed by atoms with Crippen molar-refractivity contribution in [1.82, 2.24) is 10.6 Å². The molecule has 0 aromatic heterocycles. The average molecular weight is 228 g/mol. The van der Waals surface area contributed by atoms with Gasteiger partial charge in [0.05, 0.1) is 5.54 Å². The van der Waals surface area contributed by atoms with Crippen molar-refractivity contribution < 1.29 is 9.53 Å². The van der Waals surface area contributed by atoms with Crippen LogP contribution in [0.15, 0.2) is 0 Å². The van der Waals surface area contributed by atoms with Crippen LogP contribution >= 0.6 is 0 Å². The molecular weight excluding hydrogens is 204 g/mol. The molecule has 0 bridgehead atoms. The normalized spacial score (nSPS) is 30.2. The van der Waals surface area contributed by atoms with Gasteiger partial charge in [0.1, 0.15) is 5.60 Å². The van der Waals surface area contributed by atoms with E-state index in [0.29, 0.717) is 5.92 Å². The van der Waals surface area contributed by atoms with Crippen molar-refractivity contribution in [3.63, 3.8) is 0 Å². The number of hydrogen-bond donors (Lipinski definition) is 2. The van der Waals surface area contributed by atoms with Crippen molar-refractivity contribution in [2.45, 2.75) is 52.2 Å². The average Bonchev–Trinajstić information content (AvgIpc) is 2.42. The molecule has 0 unspecified atom stereocenters. The fourth-order valence-corrected chi connectivity index (χ4v) is 2.15. The molecule has 0 spiro atoms. The number of ether oxygens (including phenoxy) is 1. The van der Waals surface area contributed by atoms with Crippen molar-refractivity contribution in [1.29, 1.82) is 0 Å². The zero-order chi connectivity index (χ0) is 12.4. The molecule has 1 fully saturated rings. The highest BCUT2D eigenvalue weighted by Crippen LogP contribution is 2.24. The Morgan fingerprint density at radius 3 is 2.69 bits per heavy atom. The Labute approximate surface area is 98.1 Å². The van der Waals surface area contributed by atoms with Crippen molar-refractivity contribution in [3.8, 4) is 0 Å². The molecule has 0 radical (unpaired) electrons. The van der Waals surface area contributed by atoms with Gasteiger partial charge in [0.25, 0.3) is 0 Å². The molecule has 0 aromatic rings. The summed E-state index contributed by atoms with van der Waals surface area (Å²) >= 11 is 0. The maximum Gasteiger partial charge on any atom is 0.408 e. The monoisotopic (exact) mass is 228 g/mol. The van der Waals surface area contributed by atoms with E-state index in [1.54, 1.807) is 0 Å². The summed E-state index contributed by atoms with van der Waals surface area (Å²) in [7, 11) is 0. The Hall–Kier alpha value is -0.770. The highest BCUT2D eigenvalue weighted by Gasteiger charge is 2.39. The zero-order valence-electron chi connectivity index (χ0n) is 11.0. The van der Waals surface area contributed by atoms with Gasteiger partial charge in [-0.1, -0.05) is 6.92 Å². The van der Waals surface area contributed by atoms with Crippen LogP contribution < -0.4 is 10.6 Å². The molecule has 1 amide bonds. The number of hydrogen-bond acceptors (Lipinski definition) is 3. The third-order valence-corrected chi connectivity index (χ3v) is 3.06. The van der Waals surface area contributed by atoms with Crippen molar-refractivity contribution in [3.05, 3.63) is 0 Å². The predicted molar refractivity (Wildman–Crippen MR) is 64.4 cm³/mol. The van der Waals surface area contributed by atoms with Crippen molar-refractivity contribution >= 4 is 6.09 Å². The van der Waals surface area contributed by atoms with Gasteiger partial charge in [-0.3, -0.25) is 0 Å². The summed E-state index contributed by atoms with van der Waals surface area (Å²) in [5, 5.41) is 6.30. The fraction of sp³-hybridized carbons (Fsp3) is 0.917. The molecule has 1 aliphatic rings. The van der Waals surface area contributed by atoms with Crippen LogP contribution in [0, 0.1) is 5.92 Å². The SMILES string of the molecule is CC[C@@H]1CNC[C@]1(C)NC(=O)OC(C)(C)C. The van der Waals surface area contributed by atoms with E-state index in [4.69, 9.17) is 4.74 Å². The van der Waals surface area contributed by atoms with E-state index in [2.05, 4.69) is 24.5 Å². The standard InChI is InChI=1S/C12H24N2O2/c1-6-9-7-13-8-12(9,5)14-10(15)16-11(2,3)4/h9,13H,6-8H2,1-5H3,(H,14,15)/t9-,12+/m1/s1. The molecule has 1 saturated heterocycles. The Balaban J connectivity index is 2.55. The number of nitrogens with one attached hydrogen (secondary N) is 2. The van der Waals surface area contributed by atoms with Crippen LogP contribution in [0.3, 0.4) is 0 Å². The Morgan fingerprint density at radius 1 is 1.56 bits per heavy atom. The summed E-state index contributed by atoms with van der Waals surface area (Å²) in [5.74, 6) is 0.472. The van der Waals surface area contributed by atoms with Crippen LogP contribution in [0.2, 0.25) is 0 Å². The molecule has 94 valence electrons. The van der Waals surface area contributed by atoms with Gasteiger partial charge < -0.3 is 15.4 Å². The molecule has 2 atom stereocenters. The highest BCUT2D eigenvalue weighted by atomic mass is 16.6. The number of carbonyl (C=O) groups is 1. The number of alkyl carbamates (subject to hydrolysis) is 1. The van der Waals surface area contributed by atoms with Gasteiger partial charge >= 0.3 is 6.09 Å².